The van der Waals surface area contributed by atoms with E-state index in [1.54, 1.807) is 6.07 Å². The van der Waals surface area contributed by atoms with Gasteiger partial charge in [0.25, 0.3) is 0 Å². The Balaban J connectivity index is 0.00000121. The van der Waals surface area contributed by atoms with Gasteiger partial charge in [0.05, 0.1) is 5.52 Å². The largest absolute Gasteiger partial charge is 0.381 e. The Kier molecular flexibility index (Phi) is 6.56. The highest BCUT2D eigenvalue weighted by molar-refractivity contribution is 5.98. The first kappa shape index (κ1) is 18.6. The molecule has 3 N–H and O–H groups in total. The van der Waals surface area contributed by atoms with Gasteiger partial charge in [-0.3, -0.25) is 4.79 Å². The molecule has 0 spiro atoms. The molecular formula is C15H19Cl2N3O2. The van der Waals surface area contributed by atoms with Crippen molar-refractivity contribution in [3.05, 3.63) is 36.4 Å². The molecule has 2 heterocycles. The number of amides is 1. The number of carbonyl (C=O) groups is 1. The van der Waals surface area contributed by atoms with Crippen molar-refractivity contribution in [1.82, 2.24) is 4.98 Å². The lowest BCUT2D eigenvalue weighted by atomic mass is 9.90. The van der Waals surface area contributed by atoms with Crippen LogP contribution in [0.5, 0.6) is 0 Å². The summed E-state index contributed by atoms with van der Waals surface area (Å²) in [7, 11) is 0. The van der Waals surface area contributed by atoms with E-state index in [0.717, 1.165) is 10.9 Å². The Morgan fingerprint density at radius 3 is 2.55 bits per heavy atom. The zero-order valence-corrected chi connectivity index (χ0v) is 13.6. The van der Waals surface area contributed by atoms with E-state index >= 15 is 0 Å². The second-order valence-corrected chi connectivity index (χ2v) is 5.11. The van der Waals surface area contributed by atoms with Crippen LogP contribution in [0.1, 0.15) is 12.8 Å². The molecule has 0 radical (unpaired) electrons. The molecule has 1 aliphatic rings. The highest BCUT2D eigenvalue weighted by Gasteiger charge is 2.36. The number of carbonyl (C=O) groups excluding carboxylic acids is 1. The Bertz CT molecular complexity index is 645. The third-order valence-corrected chi connectivity index (χ3v) is 3.68. The molecule has 3 rings (SSSR count). The molecule has 0 unspecified atom stereocenters. The van der Waals surface area contributed by atoms with Crippen LogP contribution in [0.25, 0.3) is 10.9 Å². The fourth-order valence-corrected chi connectivity index (χ4v) is 2.34. The fourth-order valence-electron chi connectivity index (χ4n) is 2.34. The maximum atomic E-state index is 12.3. The molecule has 0 aliphatic carbocycles. The lowest BCUT2D eigenvalue weighted by Crippen LogP contribution is -2.54. The minimum atomic E-state index is -0.856. The lowest BCUT2D eigenvalue weighted by molar-refractivity contribution is -0.124. The minimum absolute atomic E-state index is 0. The maximum Gasteiger partial charge on any atom is 0.245 e. The number of nitrogens with zero attached hydrogens (tertiary/aromatic N) is 1. The summed E-state index contributed by atoms with van der Waals surface area (Å²) in [5.74, 6) is 0.341. The fraction of sp³-hybridized carbons (Fsp3) is 0.333. The van der Waals surface area contributed by atoms with E-state index in [0.29, 0.717) is 31.9 Å². The molecule has 5 nitrogen and oxygen atoms in total. The van der Waals surface area contributed by atoms with Gasteiger partial charge in [-0.2, -0.15) is 0 Å². The van der Waals surface area contributed by atoms with Gasteiger partial charge in [0, 0.05) is 18.6 Å². The van der Waals surface area contributed by atoms with Gasteiger partial charge >= 0.3 is 0 Å². The zero-order valence-electron chi connectivity index (χ0n) is 12.0. The van der Waals surface area contributed by atoms with Gasteiger partial charge in [-0.1, -0.05) is 18.2 Å². The quantitative estimate of drug-likeness (QED) is 0.878. The predicted octanol–water partition coefficient (Wildman–Crippen LogP) is 2.52. The maximum absolute atomic E-state index is 12.3. The average molecular weight is 344 g/mol. The number of halogens is 2. The van der Waals surface area contributed by atoms with Crippen LogP contribution in [-0.4, -0.2) is 29.6 Å². The van der Waals surface area contributed by atoms with Gasteiger partial charge < -0.3 is 15.8 Å². The van der Waals surface area contributed by atoms with Gasteiger partial charge in [-0.15, -0.1) is 24.8 Å². The monoisotopic (exact) mass is 343 g/mol. The first-order valence-corrected chi connectivity index (χ1v) is 6.71. The van der Waals surface area contributed by atoms with E-state index in [1.165, 1.54) is 0 Å². The molecule has 7 heteroatoms. The van der Waals surface area contributed by atoms with E-state index < -0.39 is 5.54 Å². The SMILES string of the molecule is Cl.Cl.NC1(C(=O)Nc2ccc3ccccc3n2)CCOCC1. The number of fused-ring (bicyclic) bond motifs is 1. The van der Waals surface area contributed by atoms with Crippen LogP contribution in [0.15, 0.2) is 36.4 Å². The topological polar surface area (TPSA) is 77.2 Å². The first-order valence-electron chi connectivity index (χ1n) is 6.71. The summed E-state index contributed by atoms with van der Waals surface area (Å²) in [6.45, 7) is 1.05. The molecular weight excluding hydrogens is 325 g/mol. The summed E-state index contributed by atoms with van der Waals surface area (Å²) in [6.07, 6.45) is 1.07. The minimum Gasteiger partial charge on any atom is -0.381 e. The van der Waals surface area contributed by atoms with Gasteiger partial charge in [-0.25, -0.2) is 4.98 Å². The van der Waals surface area contributed by atoms with Crippen LogP contribution in [0.4, 0.5) is 5.82 Å². The molecule has 1 aliphatic heterocycles. The van der Waals surface area contributed by atoms with Crippen LogP contribution < -0.4 is 11.1 Å². The standard InChI is InChI=1S/C15H17N3O2.2ClH/c16-15(7-9-20-10-8-15)14(19)18-13-6-5-11-3-1-2-4-12(11)17-13;;/h1-6H,7-10,16H2,(H,17,18,19);2*1H. The molecule has 1 amide bonds. The van der Waals surface area contributed by atoms with Crippen molar-refractivity contribution in [3.63, 3.8) is 0 Å². The number of rotatable bonds is 2. The van der Waals surface area contributed by atoms with Crippen LogP contribution in [0.2, 0.25) is 0 Å². The summed E-state index contributed by atoms with van der Waals surface area (Å²) in [6, 6.07) is 11.5. The van der Waals surface area contributed by atoms with Gasteiger partial charge in [0.2, 0.25) is 5.91 Å². The number of pyridine rings is 1. The van der Waals surface area contributed by atoms with E-state index in [2.05, 4.69) is 10.3 Å². The Morgan fingerprint density at radius 2 is 1.82 bits per heavy atom. The Hall–Kier alpha value is -1.40. The number of anilines is 1. The van der Waals surface area contributed by atoms with Crippen LogP contribution >= 0.6 is 24.8 Å². The van der Waals surface area contributed by atoms with E-state index in [-0.39, 0.29) is 30.7 Å². The highest BCUT2D eigenvalue weighted by atomic mass is 35.5. The second-order valence-electron chi connectivity index (χ2n) is 5.11. The molecule has 120 valence electrons. The third-order valence-electron chi connectivity index (χ3n) is 3.68. The summed E-state index contributed by atoms with van der Waals surface area (Å²) in [5.41, 5.74) is 6.14. The van der Waals surface area contributed by atoms with Gasteiger partial charge in [0.15, 0.2) is 0 Å². The number of hydrogen-bond acceptors (Lipinski definition) is 4. The van der Waals surface area contributed by atoms with Crippen LogP contribution in [0, 0.1) is 0 Å². The van der Waals surface area contributed by atoms with Crippen molar-refractivity contribution in [2.24, 2.45) is 5.73 Å². The summed E-state index contributed by atoms with van der Waals surface area (Å²) in [5, 5.41) is 3.85. The molecule has 0 saturated carbocycles. The highest BCUT2D eigenvalue weighted by Crippen LogP contribution is 2.20. The molecule has 0 atom stereocenters. The van der Waals surface area contributed by atoms with Gasteiger partial charge in [-0.05, 0) is 31.0 Å². The summed E-state index contributed by atoms with van der Waals surface area (Å²) in [4.78, 5) is 16.7. The number of hydrogen-bond donors (Lipinski definition) is 2. The van der Waals surface area contributed by atoms with Gasteiger partial charge in [0.1, 0.15) is 11.4 Å². The third kappa shape index (κ3) is 3.87. The molecule has 22 heavy (non-hydrogen) atoms. The van der Waals surface area contributed by atoms with E-state index in [1.807, 2.05) is 30.3 Å². The number of nitrogens with two attached hydrogens (primary N) is 1. The molecule has 0 bridgehead atoms. The van der Waals surface area contributed by atoms with E-state index in [4.69, 9.17) is 10.5 Å². The molecule has 2 aromatic rings. The Labute approximate surface area is 141 Å². The van der Waals surface area contributed by atoms with Crippen molar-refractivity contribution in [1.29, 1.82) is 0 Å². The summed E-state index contributed by atoms with van der Waals surface area (Å²) >= 11 is 0. The van der Waals surface area contributed by atoms with Crippen molar-refractivity contribution in [3.8, 4) is 0 Å². The van der Waals surface area contributed by atoms with Crippen molar-refractivity contribution >= 4 is 47.4 Å². The smallest absolute Gasteiger partial charge is 0.245 e. The van der Waals surface area contributed by atoms with Crippen LogP contribution in [0.3, 0.4) is 0 Å². The average Bonchev–Trinajstić information content (AvgIpc) is 2.48. The normalized spacial score (nSPS) is 16.2. The number of para-hydroxylation sites is 1. The number of benzene rings is 1. The molecule has 1 aromatic heterocycles. The number of aromatic nitrogens is 1. The number of nitrogens with one attached hydrogen (secondary N) is 1. The molecule has 1 fully saturated rings. The predicted molar refractivity (Wildman–Crippen MR) is 91.8 cm³/mol. The molecule has 1 aromatic carbocycles. The summed E-state index contributed by atoms with van der Waals surface area (Å²) < 4.78 is 5.25. The van der Waals surface area contributed by atoms with Crippen LogP contribution in [-0.2, 0) is 9.53 Å². The Morgan fingerprint density at radius 1 is 1.14 bits per heavy atom. The van der Waals surface area contributed by atoms with Crippen molar-refractivity contribution < 1.29 is 9.53 Å². The zero-order chi connectivity index (χ0) is 14.0. The van der Waals surface area contributed by atoms with Crippen molar-refractivity contribution in [2.75, 3.05) is 18.5 Å². The second kappa shape index (κ2) is 7.74. The first-order chi connectivity index (χ1) is 9.67. The van der Waals surface area contributed by atoms with E-state index in [9.17, 15) is 4.79 Å². The lowest BCUT2D eigenvalue weighted by Gasteiger charge is -2.31. The molecule has 1 saturated heterocycles. The number of ether oxygens (including phenoxy) is 1. The van der Waals surface area contributed by atoms with Crippen molar-refractivity contribution in [2.45, 2.75) is 18.4 Å².